The molecule has 0 N–H and O–H groups in total. The first-order valence-corrected chi connectivity index (χ1v) is 19.9. The van der Waals surface area contributed by atoms with Crippen LogP contribution >= 0.6 is 11.3 Å². The van der Waals surface area contributed by atoms with E-state index in [0.29, 0.717) is 0 Å². The van der Waals surface area contributed by atoms with Crippen LogP contribution in [0.2, 0.25) is 0 Å². The molecular formula is C53H35NOS. The van der Waals surface area contributed by atoms with Crippen LogP contribution in [0, 0.1) is 0 Å². The molecule has 11 rings (SSSR count). The Balaban J connectivity index is 1.02. The molecule has 0 aliphatic heterocycles. The smallest absolute Gasteiger partial charge is 0.143 e. The number of hydrogen-bond donors (Lipinski definition) is 0. The van der Waals surface area contributed by atoms with E-state index in [0.717, 1.165) is 50.1 Å². The molecule has 10 aromatic rings. The van der Waals surface area contributed by atoms with Crippen molar-refractivity contribution in [1.82, 2.24) is 0 Å². The van der Waals surface area contributed by atoms with E-state index in [9.17, 15) is 0 Å². The second kappa shape index (κ2) is 13.4. The van der Waals surface area contributed by atoms with Gasteiger partial charge in [0.2, 0.25) is 0 Å². The van der Waals surface area contributed by atoms with Gasteiger partial charge in [-0.05, 0) is 99.1 Å². The minimum atomic E-state index is 0.205. The third-order valence-electron chi connectivity index (χ3n) is 11.2. The number of thiophene rings is 1. The summed E-state index contributed by atoms with van der Waals surface area (Å²) in [6.45, 7) is 0. The Labute approximate surface area is 330 Å². The molecule has 1 atom stereocenters. The first-order valence-electron chi connectivity index (χ1n) is 19.1. The maximum Gasteiger partial charge on any atom is 0.143 e. The fourth-order valence-corrected chi connectivity index (χ4v) is 9.59. The molecule has 2 nitrogen and oxygen atoms in total. The molecule has 264 valence electrons. The molecule has 1 aliphatic carbocycles. The average molecular weight is 734 g/mol. The molecular weight excluding hydrogens is 699 g/mol. The van der Waals surface area contributed by atoms with Gasteiger partial charge in [0.1, 0.15) is 11.2 Å². The lowest BCUT2D eigenvalue weighted by molar-refractivity contribution is 0.670. The zero-order chi connectivity index (χ0) is 37.0. The normalized spacial score (nSPS) is 13.2. The number of furan rings is 1. The second-order valence-corrected chi connectivity index (χ2v) is 15.5. The van der Waals surface area contributed by atoms with Gasteiger partial charge in [0.05, 0.1) is 0 Å². The molecule has 0 bridgehead atoms. The van der Waals surface area contributed by atoms with Crippen molar-refractivity contribution in [2.24, 2.45) is 0 Å². The number of hydrogen-bond acceptors (Lipinski definition) is 3. The molecule has 0 spiro atoms. The third-order valence-corrected chi connectivity index (χ3v) is 12.4. The summed E-state index contributed by atoms with van der Waals surface area (Å²) in [5.41, 5.74) is 16.4. The Bertz CT molecular complexity index is 3010. The van der Waals surface area contributed by atoms with Crippen LogP contribution in [-0.4, -0.2) is 0 Å². The number of nitrogens with zero attached hydrogens (tertiary/aromatic N) is 1. The highest BCUT2D eigenvalue weighted by atomic mass is 32.1. The van der Waals surface area contributed by atoms with E-state index in [2.05, 4.69) is 199 Å². The van der Waals surface area contributed by atoms with Crippen LogP contribution in [0.4, 0.5) is 17.1 Å². The van der Waals surface area contributed by atoms with E-state index in [-0.39, 0.29) is 5.92 Å². The number of anilines is 3. The van der Waals surface area contributed by atoms with Crippen LogP contribution in [0.3, 0.4) is 0 Å². The van der Waals surface area contributed by atoms with Crippen LogP contribution in [-0.2, 0) is 0 Å². The van der Waals surface area contributed by atoms with Crippen molar-refractivity contribution in [1.29, 1.82) is 0 Å². The van der Waals surface area contributed by atoms with E-state index in [4.69, 9.17) is 4.42 Å². The van der Waals surface area contributed by atoms with E-state index in [1.54, 1.807) is 0 Å². The van der Waals surface area contributed by atoms with Crippen molar-refractivity contribution in [2.75, 3.05) is 4.90 Å². The molecule has 0 amide bonds. The molecule has 1 unspecified atom stereocenters. The minimum absolute atomic E-state index is 0.205. The van der Waals surface area contributed by atoms with Crippen LogP contribution in [0.1, 0.15) is 22.6 Å². The molecule has 2 aromatic heterocycles. The lowest BCUT2D eigenvalue weighted by atomic mass is 9.89. The molecule has 2 heterocycles. The standard InChI is InChI=1S/C53H35NOS/c1-3-12-36(13-4-1)50-32-33-51(56-50)37-24-28-40(29-25-37)54(39-26-22-35(23-27-39)42-19-11-20-47-44-17-9-10-21-49(44)55-53(42)47)41-30-31-46-48(34-41)43-16-7-8-18-45(43)52(46)38-14-5-2-6-15-38/h1-34,52H. The Morgan fingerprint density at radius 3 is 1.73 bits per heavy atom. The van der Waals surface area contributed by atoms with Gasteiger partial charge >= 0.3 is 0 Å². The van der Waals surface area contributed by atoms with Gasteiger partial charge in [-0.3, -0.25) is 0 Å². The van der Waals surface area contributed by atoms with Gasteiger partial charge in [0.25, 0.3) is 0 Å². The lowest BCUT2D eigenvalue weighted by Gasteiger charge is -2.27. The van der Waals surface area contributed by atoms with Gasteiger partial charge in [-0.2, -0.15) is 0 Å². The van der Waals surface area contributed by atoms with Crippen LogP contribution in [0.5, 0.6) is 0 Å². The molecule has 56 heavy (non-hydrogen) atoms. The van der Waals surface area contributed by atoms with Crippen LogP contribution in [0.25, 0.3) is 65.1 Å². The minimum Gasteiger partial charge on any atom is -0.455 e. The summed E-state index contributed by atoms with van der Waals surface area (Å²) < 4.78 is 6.43. The van der Waals surface area contributed by atoms with Gasteiger partial charge in [-0.15, -0.1) is 11.3 Å². The Hall–Kier alpha value is -6.94. The van der Waals surface area contributed by atoms with Gasteiger partial charge in [0, 0.05) is 49.1 Å². The summed E-state index contributed by atoms with van der Waals surface area (Å²) in [5.74, 6) is 0.205. The quantitative estimate of drug-likeness (QED) is 0.162. The van der Waals surface area contributed by atoms with Crippen molar-refractivity contribution >= 4 is 50.3 Å². The van der Waals surface area contributed by atoms with Crippen molar-refractivity contribution in [3.05, 3.63) is 223 Å². The SMILES string of the molecule is c1ccc(-c2ccc(-c3ccc(N(c4ccc(-c5cccc6c5oc5ccccc56)cc4)c4ccc5c(c4)-c4ccccc4C5c4ccccc4)cc3)s2)cc1. The van der Waals surface area contributed by atoms with Crippen molar-refractivity contribution in [3.63, 3.8) is 0 Å². The monoisotopic (exact) mass is 733 g/mol. The first-order chi connectivity index (χ1) is 27.8. The molecule has 0 saturated heterocycles. The number of rotatable bonds is 7. The first kappa shape index (κ1) is 32.5. The maximum absolute atomic E-state index is 6.43. The largest absolute Gasteiger partial charge is 0.455 e. The Morgan fingerprint density at radius 2 is 0.964 bits per heavy atom. The van der Waals surface area contributed by atoms with Crippen LogP contribution in [0.15, 0.2) is 211 Å². The molecule has 3 heteroatoms. The molecule has 0 saturated carbocycles. The summed E-state index contributed by atoms with van der Waals surface area (Å²) >= 11 is 1.83. The summed E-state index contributed by atoms with van der Waals surface area (Å²) in [6, 6.07) is 74.6. The van der Waals surface area contributed by atoms with Gasteiger partial charge in [-0.1, -0.05) is 152 Å². The predicted molar refractivity (Wildman–Crippen MR) is 235 cm³/mol. The summed E-state index contributed by atoms with van der Waals surface area (Å²) in [5, 5.41) is 2.28. The molecule has 0 fully saturated rings. The highest BCUT2D eigenvalue weighted by Crippen LogP contribution is 2.50. The van der Waals surface area contributed by atoms with Crippen molar-refractivity contribution in [3.8, 4) is 43.1 Å². The fourth-order valence-electron chi connectivity index (χ4n) is 8.57. The highest BCUT2D eigenvalue weighted by Gasteiger charge is 2.30. The number of fused-ring (bicyclic) bond motifs is 6. The zero-order valence-electron chi connectivity index (χ0n) is 30.5. The van der Waals surface area contributed by atoms with E-state index in [1.165, 1.54) is 48.7 Å². The van der Waals surface area contributed by atoms with Gasteiger partial charge in [0.15, 0.2) is 0 Å². The average Bonchev–Trinajstić information content (AvgIpc) is 4.00. The Kier molecular flexibility index (Phi) is 7.78. The van der Waals surface area contributed by atoms with E-state index in [1.807, 2.05) is 23.5 Å². The summed E-state index contributed by atoms with van der Waals surface area (Å²) in [7, 11) is 0. The van der Waals surface area contributed by atoms with E-state index < -0.39 is 0 Å². The lowest BCUT2D eigenvalue weighted by Crippen LogP contribution is -2.10. The molecule has 1 aliphatic rings. The van der Waals surface area contributed by atoms with Crippen LogP contribution < -0.4 is 4.90 Å². The Morgan fingerprint density at radius 1 is 0.393 bits per heavy atom. The fraction of sp³-hybridized carbons (Fsp3) is 0.0189. The topological polar surface area (TPSA) is 16.4 Å². The molecule has 0 radical (unpaired) electrons. The van der Waals surface area contributed by atoms with E-state index >= 15 is 0 Å². The summed E-state index contributed by atoms with van der Waals surface area (Å²) in [4.78, 5) is 4.92. The van der Waals surface area contributed by atoms with Crippen molar-refractivity contribution < 1.29 is 4.42 Å². The van der Waals surface area contributed by atoms with Gasteiger partial charge < -0.3 is 9.32 Å². The predicted octanol–water partition coefficient (Wildman–Crippen LogP) is 15.3. The maximum atomic E-state index is 6.43. The third kappa shape index (κ3) is 5.47. The number of benzene rings is 8. The highest BCUT2D eigenvalue weighted by molar-refractivity contribution is 7.18. The zero-order valence-corrected chi connectivity index (χ0v) is 31.3. The van der Waals surface area contributed by atoms with Crippen molar-refractivity contribution in [2.45, 2.75) is 5.92 Å². The van der Waals surface area contributed by atoms with Gasteiger partial charge in [-0.25, -0.2) is 0 Å². The second-order valence-electron chi connectivity index (χ2n) is 14.4. The summed E-state index contributed by atoms with van der Waals surface area (Å²) in [6.07, 6.45) is 0. The number of para-hydroxylation sites is 2. The molecule has 8 aromatic carbocycles.